The highest BCUT2D eigenvalue weighted by atomic mass is 16.5. The normalized spacial score (nSPS) is 19.8. The Morgan fingerprint density at radius 3 is 2.40 bits per heavy atom. The second-order valence-corrected chi connectivity index (χ2v) is 10.3. The fourth-order valence-corrected chi connectivity index (χ4v) is 6.48. The molecule has 0 spiro atoms. The van der Waals surface area contributed by atoms with E-state index >= 15 is 0 Å². The Kier molecular flexibility index (Phi) is 6.13. The van der Waals surface area contributed by atoms with Crippen molar-refractivity contribution in [2.24, 2.45) is 5.92 Å². The molecule has 6 rings (SSSR count). The summed E-state index contributed by atoms with van der Waals surface area (Å²) in [5, 5.41) is 17.7. The fraction of sp³-hybridized carbons (Fsp3) is 0.400. The molecule has 1 aromatic heterocycles. The van der Waals surface area contributed by atoms with Crippen molar-refractivity contribution < 1.29 is 4.74 Å². The van der Waals surface area contributed by atoms with E-state index in [1.165, 1.54) is 42.0 Å². The Bertz CT molecular complexity index is 1300. The zero-order chi connectivity index (χ0) is 23.7. The summed E-state index contributed by atoms with van der Waals surface area (Å²) >= 11 is 0. The van der Waals surface area contributed by atoms with Gasteiger partial charge in [0, 0.05) is 36.5 Å². The Hall–Kier alpha value is -3.02. The summed E-state index contributed by atoms with van der Waals surface area (Å²) in [5.74, 6) is 1.60. The Labute approximate surface area is 207 Å². The lowest BCUT2D eigenvalue weighted by Crippen LogP contribution is -2.54. The monoisotopic (exact) mass is 466 g/mol. The van der Waals surface area contributed by atoms with Gasteiger partial charge >= 0.3 is 0 Å². The van der Waals surface area contributed by atoms with Crippen LogP contribution in [0.3, 0.4) is 0 Å². The molecule has 5 heteroatoms. The number of anilines is 1. The van der Waals surface area contributed by atoms with Gasteiger partial charge in [0.15, 0.2) is 5.82 Å². The third kappa shape index (κ3) is 4.28. The van der Waals surface area contributed by atoms with E-state index in [1.54, 1.807) is 0 Å². The number of nitrogens with zero attached hydrogens (tertiary/aromatic N) is 3. The number of aromatic nitrogens is 2. The zero-order valence-electron chi connectivity index (χ0n) is 20.5. The van der Waals surface area contributed by atoms with Crippen LogP contribution in [0.2, 0.25) is 0 Å². The number of fused-ring (bicyclic) bond motifs is 2. The summed E-state index contributed by atoms with van der Waals surface area (Å²) < 4.78 is 6.08. The second-order valence-electron chi connectivity index (χ2n) is 10.3. The van der Waals surface area contributed by atoms with E-state index in [1.807, 2.05) is 13.3 Å². The molecule has 2 heterocycles. The van der Waals surface area contributed by atoms with Gasteiger partial charge in [-0.15, -0.1) is 5.10 Å². The number of rotatable bonds is 6. The van der Waals surface area contributed by atoms with Crippen LogP contribution in [0, 0.1) is 5.92 Å². The van der Waals surface area contributed by atoms with Gasteiger partial charge in [-0.25, -0.2) is 0 Å². The maximum absolute atomic E-state index is 6.08. The van der Waals surface area contributed by atoms with Gasteiger partial charge in [0.1, 0.15) is 6.23 Å². The van der Waals surface area contributed by atoms with E-state index in [2.05, 4.69) is 87.1 Å². The van der Waals surface area contributed by atoms with Crippen LogP contribution in [0.25, 0.3) is 21.5 Å². The van der Waals surface area contributed by atoms with Gasteiger partial charge in [-0.1, -0.05) is 73.5 Å². The molecule has 1 aliphatic carbocycles. The third-order valence-corrected chi connectivity index (χ3v) is 8.38. The highest BCUT2D eigenvalue weighted by Gasteiger charge is 2.44. The summed E-state index contributed by atoms with van der Waals surface area (Å²) in [6, 6.07) is 23.7. The molecule has 1 saturated carbocycles. The quantitative estimate of drug-likeness (QED) is 0.348. The van der Waals surface area contributed by atoms with E-state index in [-0.39, 0.29) is 11.8 Å². The van der Waals surface area contributed by atoms with Gasteiger partial charge in [-0.3, -0.25) is 4.90 Å². The minimum absolute atomic E-state index is 0.0291. The minimum atomic E-state index is -0.0291. The molecule has 1 aliphatic heterocycles. The van der Waals surface area contributed by atoms with Crippen LogP contribution in [0.1, 0.15) is 50.3 Å². The molecule has 1 atom stereocenters. The van der Waals surface area contributed by atoms with Gasteiger partial charge in [-0.05, 0) is 54.0 Å². The summed E-state index contributed by atoms with van der Waals surface area (Å²) in [5.41, 5.74) is 1.28. The Morgan fingerprint density at radius 1 is 0.914 bits per heavy atom. The predicted molar refractivity (Wildman–Crippen MR) is 142 cm³/mol. The van der Waals surface area contributed by atoms with Gasteiger partial charge in [0.05, 0.1) is 6.20 Å². The van der Waals surface area contributed by atoms with Crippen molar-refractivity contribution in [2.45, 2.75) is 50.3 Å². The lowest BCUT2D eigenvalue weighted by Gasteiger charge is -2.48. The number of benzene rings is 3. The Balaban J connectivity index is 1.26. The molecule has 1 saturated heterocycles. The van der Waals surface area contributed by atoms with Crippen molar-refractivity contribution >= 4 is 27.4 Å². The summed E-state index contributed by atoms with van der Waals surface area (Å²) in [4.78, 5) is 2.51. The predicted octanol–water partition coefficient (Wildman–Crippen LogP) is 6.56. The number of likely N-dealkylation sites (tertiary alicyclic amines) is 1. The SMILES string of the molecule is COC(c1ccc2ccccc2c1)N1CCC(Nc2nncc3ccccc23)(C2CCCC2)CC1. The largest absolute Gasteiger partial charge is 0.362 e. The van der Waals surface area contributed by atoms with Crippen LogP contribution in [0.5, 0.6) is 0 Å². The maximum Gasteiger partial charge on any atom is 0.157 e. The lowest BCUT2D eigenvalue weighted by atomic mass is 9.75. The maximum atomic E-state index is 6.08. The average molecular weight is 467 g/mol. The van der Waals surface area contributed by atoms with Crippen molar-refractivity contribution in [1.82, 2.24) is 15.1 Å². The fourth-order valence-electron chi connectivity index (χ4n) is 6.48. The molecule has 0 bridgehead atoms. The average Bonchev–Trinajstić information content (AvgIpc) is 3.46. The van der Waals surface area contributed by atoms with E-state index in [9.17, 15) is 0 Å². The summed E-state index contributed by atoms with van der Waals surface area (Å²) in [6.07, 6.45) is 9.24. The van der Waals surface area contributed by atoms with Crippen molar-refractivity contribution in [2.75, 3.05) is 25.5 Å². The van der Waals surface area contributed by atoms with Crippen LogP contribution in [0.15, 0.2) is 72.9 Å². The molecule has 180 valence electrons. The molecule has 5 nitrogen and oxygen atoms in total. The first-order valence-corrected chi connectivity index (χ1v) is 13.0. The molecule has 3 aromatic carbocycles. The summed E-state index contributed by atoms with van der Waals surface area (Å²) in [6.45, 7) is 1.99. The molecular formula is C30H34N4O. The summed E-state index contributed by atoms with van der Waals surface area (Å²) in [7, 11) is 1.84. The lowest BCUT2D eigenvalue weighted by molar-refractivity contribution is -0.0557. The van der Waals surface area contributed by atoms with Gasteiger partial charge < -0.3 is 10.1 Å². The number of hydrogen-bond donors (Lipinski definition) is 1. The van der Waals surface area contributed by atoms with E-state index < -0.39 is 0 Å². The first-order valence-electron chi connectivity index (χ1n) is 13.0. The van der Waals surface area contributed by atoms with E-state index in [0.717, 1.165) is 42.5 Å². The smallest absolute Gasteiger partial charge is 0.157 e. The van der Waals surface area contributed by atoms with Crippen LogP contribution in [-0.4, -0.2) is 40.8 Å². The van der Waals surface area contributed by atoms with E-state index in [4.69, 9.17) is 4.74 Å². The zero-order valence-corrected chi connectivity index (χ0v) is 20.5. The highest BCUT2D eigenvalue weighted by molar-refractivity contribution is 5.91. The van der Waals surface area contributed by atoms with Crippen LogP contribution in [0.4, 0.5) is 5.82 Å². The third-order valence-electron chi connectivity index (χ3n) is 8.38. The van der Waals surface area contributed by atoms with Crippen molar-refractivity contribution in [3.8, 4) is 0 Å². The number of methoxy groups -OCH3 is 1. The highest BCUT2D eigenvalue weighted by Crippen LogP contribution is 2.44. The first-order chi connectivity index (χ1) is 17.3. The minimum Gasteiger partial charge on any atom is -0.362 e. The van der Waals surface area contributed by atoms with Crippen molar-refractivity contribution in [3.05, 3.63) is 78.5 Å². The number of ether oxygens (including phenoxy) is 1. The van der Waals surface area contributed by atoms with Gasteiger partial charge in [0.25, 0.3) is 0 Å². The Morgan fingerprint density at radius 2 is 1.63 bits per heavy atom. The van der Waals surface area contributed by atoms with Crippen molar-refractivity contribution in [1.29, 1.82) is 0 Å². The number of nitrogens with one attached hydrogen (secondary N) is 1. The van der Waals surface area contributed by atoms with Crippen LogP contribution in [-0.2, 0) is 4.74 Å². The van der Waals surface area contributed by atoms with Crippen LogP contribution < -0.4 is 5.32 Å². The van der Waals surface area contributed by atoms with Crippen LogP contribution >= 0.6 is 0 Å². The topological polar surface area (TPSA) is 50.3 Å². The molecule has 2 aliphatic rings. The first kappa shape index (κ1) is 22.4. The second kappa shape index (κ2) is 9.56. The van der Waals surface area contributed by atoms with Crippen molar-refractivity contribution in [3.63, 3.8) is 0 Å². The molecule has 0 amide bonds. The molecule has 1 N–H and O–H groups in total. The van der Waals surface area contributed by atoms with Gasteiger partial charge in [-0.2, -0.15) is 5.10 Å². The molecular weight excluding hydrogens is 432 g/mol. The number of hydrogen-bond acceptors (Lipinski definition) is 5. The molecule has 2 fully saturated rings. The van der Waals surface area contributed by atoms with E-state index in [0.29, 0.717) is 5.92 Å². The standard InChI is InChI=1S/C30H34N4O/c1-35-29(24-15-14-22-8-2-3-9-23(22)20-24)34-18-16-30(17-19-34,26-11-5-6-12-26)32-28-27-13-7-4-10-25(27)21-31-33-28/h2-4,7-10,13-15,20-21,26,29H,5-6,11-12,16-19H2,1H3,(H,32,33). The van der Waals surface area contributed by atoms with Gasteiger partial charge in [0.2, 0.25) is 0 Å². The molecule has 4 aromatic rings. The molecule has 35 heavy (non-hydrogen) atoms. The number of piperidine rings is 1. The molecule has 0 radical (unpaired) electrons. The molecule has 1 unspecified atom stereocenters.